The summed E-state index contributed by atoms with van der Waals surface area (Å²) in [7, 11) is 2.20. The van der Waals surface area contributed by atoms with E-state index < -0.39 is 0 Å². The van der Waals surface area contributed by atoms with Gasteiger partial charge in [-0.3, -0.25) is 0 Å². The topological polar surface area (TPSA) is 15.3 Å². The molecule has 0 aromatic heterocycles. The third kappa shape index (κ3) is 0.775. The SMILES string of the molecule is CN1CC[C@]2(CCN2)C1. The van der Waals surface area contributed by atoms with Crippen molar-refractivity contribution in [1.82, 2.24) is 10.2 Å². The zero-order chi connectivity index (χ0) is 6.32. The average molecular weight is 126 g/mol. The number of nitrogens with one attached hydrogen (secondary N) is 1. The maximum Gasteiger partial charge on any atom is 0.0332 e. The molecule has 2 nitrogen and oxygen atoms in total. The molecule has 2 heterocycles. The lowest BCUT2D eigenvalue weighted by Gasteiger charge is -2.39. The van der Waals surface area contributed by atoms with Crippen molar-refractivity contribution in [3.05, 3.63) is 0 Å². The summed E-state index contributed by atoms with van der Waals surface area (Å²) in [6.07, 6.45) is 2.76. The van der Waals surface area contributed by atoms with Crippen molar-refractivity contribution in [1.29, 1.82) is 0 Å². The van der Waals surface area contributed by atoms with Crippen LogP contribution in [-0.2, 0) is 0 Å². The minimum atomic E-state index is 0.564. The molecule has 9 heavy (non-hydrogen) atoms. The van der Waals surface area contributed by atoms with Crippen LogP contribution in [0.4, 0.5) is 0 Å². The van der Waals surface area contributed by atoms with E-state index in [4.69, 9.17) is 0 Å². The molecule has 2 saturated heterocycles. The van der Waals surface area contributed by atoms with E-state index in [1.165, 1.54) is 32.5 Å². The van der Waals surface area contributed by atoms with Crippen molar-refractivity contribution in [3.8, 4) is 0 Å². The molecule has 0 radical (unpaired) electrons. The number of likely N-dealkylation sites (tertiary alicyclic amines) is 1. The Kier molecular flexibility index (Phi) is 1.08. The first-order valence-corrected chi connectivity index (χ1v) is 3.74. The number of hydrogen-bond acceptors (Lipinski definition) is 2. The van der Waals surface area contributed by atoms with Crippen molar-refractivity contribution < 1.29 is 0 Å². The Morgan fingerprint density at radius 2 is 2.22 bits per heavy atom. The molecule has 0 aromatic carbocycles. The van der Waals surface area contributed by atoms with Gasteiger partial charge in [0.25, 0.3) is 0 Å². The van der Waals surface area contributed by atoms with Gasteiger partial charge >= 0.3 is 0 Å². The summed E-state index contributed by atoms with van der Waals surface area (Å²) in [6.45, 7) is 3.80. The number of hydrogen-bond donors (Lipinski definition) is 1. The number of rotatable bonds is 0. The van der Waals surface area contributed by atoms with Crippen LogP contribution in [0.1, 0.15) is 12.8 Å². The molecular weight excluding hydrogens is 112 g/mol. The highest BCUT2D eigenvalue weighted by Crippen LogP contribution is 2.28. The second-order valence-corrected chi connectivity index (χ2v) is 3.44. The van der Waals surface area contributed by atoms with E-state index in [1.54, 1.807) is 0 Å². The molecule has 2 heteroatoms. The third-order valence-corrected chi connectivity index (χ3v) is 2.65. The van der Waals surface area contributed by atoms with Gasteiger partial charge in [0.15, 0.2) is 0 Å². The highest BCUT2D eigenvalue weighted by Gasteiger charge is 2.40. The zero-order valence-electron chi connectivity index (χ0n) is 5.98. The first-order chi connectivity index (χ1) is 4.31. The molecular formula is C7H14N2. The molecule has 1 N–H and O–H groups in total. The van der Waals surface area contributed by atoms with Gasteiger partial charge in [0.05, 0.1) is 0 Å². The van der Waals surface area contributed by atoms with Crippen LogP contribution in [0.3, 0.4) is 0 Å². The number of likely N-dealkylation sites (N-methyl/N-ethyl adjacent to an activating group) is 1. The quantitative estimate of drug-likeness (QED) is 0.493. The molecule has 52 valence electrons. The molecule has 0 unspecified atom stereocenters. The normalized spacial score (nSPS) is 43.7. The predicted octanol–water partition coefficient (Wildman–Crippen LogP) is 0.0540. The highest BCUT2D eigenvalue weighted by molar-refractivity contribution is 5.02. The summed E-state index contributed by atoms with van der Waals surface area (Å²) in [5.41, 5.74) is 0.564. The van der Waals surface area contributed by atoms with Crippen molar-refractivity contribution >= 4 is 0 Å². The molecule has 1 atom stereocenters. The van der Waals surface area contributed by atoms with Crippen molar-refractivity contribution in [2.24, 2.45) is 0 Å². The van der Waals surface area contributed by atoms with Crippen LogP contribution in [0.25, 0.3) is 0 Å². The van der Waals surface area contributed by atoms with Crippen LogP contribution in [0.2, 0.25) is 0 Å². The van der Waals surface area contributed by atoms with Crippen molar-refractivity contribution in [3.63, 3.8) is 0 Å². The summed E-state index contributed by atoms with van der Waals surface area (Å²) in [4.78, 5) is 2.41. The van der Waals surface area contributed by atoms with Gasteiger partial charge in [-0.15, -0.1) is 0 Å². The van der Waals surface area contributed by atoms with Gasteiger partial charge in [-0.2, -0.15) is 0 Å². The molecule has 0 amide bonds. The summed E-state index contributed by atoms with van der Waals surface area (Å²) >= 11 is 0. The standard InChI is InChI=1S/C7H14N2/c1-9-5-3-7(6-9)2-4-8-7/h8H,2-6H2,1H3/t7-/m1/s1. The Labute approximate surface area is 56.2 Å². The summed E-state index contributed by atoms with van der Waals surface area (Å²) < 4.78 is 0. The lowest BCUT2D eigenvalue weighted by Crippen LogP contribution is -2.58. The molecule has 0 bridgehead atoms. The lowest BCUT2D eigenvalue weighted by molar-refractivity contribution is 0.212. The minimum absolute atomic E-state index is 0.564. The summed E-state index contributed by atoms with van der Waals surface area (Å²) in [5, 5.41) is 3.51. The average Bonchev–Trinajstić information content (AvgIpc) is 2.09. The van der Waals surface area contributed by atoms with Crippen LogP contribution in [0.15, 0.2) is 0 Å². The molecule has 1 spiro atoms. The molecule has 2 fully saturated rings. The van der Waals surface area contributed by atoms with E-state index in [0.717, 1.165) is 0 Å². The lowest BCUT2D eigenvalue weighted by atomic mass is 9.87. The van der Waals surface area contributed by atoms with Gasteiger partial charge in [0.2, 0.25) is 0 Å². The monoisotopic (exact) mass is 126 g/mol. The van der Waals surface area contributed by atoms with Crippen LogP contribution >= 0.6 is 0 Å². The second-order valence-electron chi connectivity index (χ2n) is 3.44. The minimum Gasteiger partial charge on any atom is -0.310 e. The van der Waals surface area contributed by atoms with Gasteiger partial charge < -0.3 is 10.2 Å². The fourth-order valence-corrected chi connectivity index (χ4v) is 1.91. The Morgan fingerprint density at radius 1 is 1.44 bits per heavy atom. The van der Waals surface area contributed by atoms with Crippen LogP contribution in [0, 0.1) is 0 Å². The molecule has 2 rings (SSSR count). The van der Waals surface area contributed by atoms with Crippen LogP contribution in [0.5, 0.6) is 0 Å². The van der Waals surface area contributed by atoms with Crippen molar-refractivity contribution in [2.75, 3.05) is 26.7 Å². The van der Waals surface area contributed by atoms with Gasteiger partial charge in [-0.1, -0.05) is 0 Å². The van der Waals surface area contributed by atoms with Gasteiger partial charge in [0, 0.05) is 12.1 Å². The Morgan fingerprint density at radius 3 is 2.44 bits per heavy atom. The third-order valence-electron chi connectivity index (χ3n) is 2.65. The van der Waals surface area contributed by atoms with Crippen LogP contribution in [-0.4, -0.2) is 37.1 Å². The van der Waals surface area contributed by atoms with Gasteiger partial charge in [-0.05, 0) is 33.0 Å². The molecule has 0 aromatic rings. The summed E-state index contributed by atoms with van der Waals surface area (Å²) in [6, 6.07) is 0. The van der Waals surface area contributed by atoms with E-state index in [2.05, 4.69) is 17.3 Å². The smallest absolute Gasteiger partial charge is 0.0332 e. The Hall–Kier alpha value is -0.0800. The Bertz CT molecular complexity index is 118. The Balaban J connectivity index is 1.99. The highest BCUT2D eigenvalue weighted by atomic mass is 15.2. The van der Waals surface area contributed by atoms with Gasteiger partial charge in [0.1, 0.15) is 0 Å². The maximum atomic E-state index is 3.51. The fourth-order valence-electron chi connectivity index (χ4n) is 1.91. The van der Waals surface area contributed by atoms with Crippen LogP contribution < -0.4 is 5.32 Å². The van der Waals surface area contributed by atoms with E-state index in [9.17, 15) is 0 Å². The molecule has 2 aliphatic heterocycles. The molecule has 0 saturated carbocycles. The second kappa shape index (κ2) is 1.70. The van der Waals surface area contributed by atoms with E-state index in [0.29, 0.717) is 5.54 Å². The first-order valence-electron chi connectivity index (χ1n) is 3.74. The van der Waals surface area contributed by atoms with E-state index >= 15 is 0 Å². The van der Waals surface area contributed by atoms with E-state index in [1.807, 2.05) is 0 Å². The summed E-state index contributed by atoms with van der Waals surface area (Å²) in [5.74, 6) is 0. The zero-order valence-corrected chi connectivity index (χ0v) is 5.98. The molecule has 2 aliphatic rings. The van der Waals surface area contributed by atoms with Gasteiger partial charge in [-0.25, -0.2) is 0 Å². The number of nitrogens with zero attached hydrogens (tertiary/aromatic N) is 1. The molecule has 0 aliphatic carbocycles. The fraction of sp³-hybridized carbons (Fsp3) is 1.00. The largest absolute Gasteiger partial charge is 0.310 e. The first kappa shape index (κ1) is 5.69. The predicted molar refractivity (Wildman–Crippen MR) is 37.5 cm³/mol. The maximum absolute atomic E-state index is 3.51. The van der Waals surface area contributed by atoms with E-state index in [-0.39, 0.29) is 0 Å². The van der Waals surface area contributed by atoms with Crippen molar-refractivity contribution in [2.45, 2.75) is 18.4 Å².